The molecule has 1 aromatic rings. The first kappa shape index (κ1) is 15.0. The molecule has 0 radical (unpaired) electrons. The molecule has 1 atom stereocenters. The number of carbonyl (C=O) groups excluding carboxylic acids is 2. The van der Waals surface area contributed by atoms with Gasteiger partial charge in [-0.2, -0.15) is 0 Å². The number of hydrogen-bond acceptors (Lipinski definition) is 2. The third-order valence-corrected chi connectivity index (χ3v) is 4.46. The minimum absolute atomic E-state index is 0.0293. The van der Waals surface area contributed by atoms with Crippen molar-refractivity contribution >= 4 is 29.4 Å². The van der Waals surface area contributed by atoms with Crippen LogP contribution < -0.4 is 10.6 Å². The highest BCUT2D eigenvalue weighted by Crippen LogP contribution is 2.22. The van der Waals surface area contributed by atoms with Crippen molar-refractivity contribution in [1.82, 2.24) is 15.1 Å². The predicted molar refractivity (Wildman–Crippen MR) is 85.2 cm³/mol. The number of rotatable bonds is 2. The molecule has 4 amide bonds. The van der Waals surface area contributed by atoms with E-state index < -0.39 is 0 Å². The average molecular weight is 323 g/mol. The molecule has 2 aliphatic rings. The van der Waals surface area contributed by atoms with Gasteiger partial charge in [0.15, 0.2) is 0 Å². The Bertz CT molecular complexity index is 580. The highest BCUT2D eigenvalue weighted by Gasteiger charge is 2.32. The van der Waals surface area contributed by atoms with E-state index in [0.29, 0.717) is 36.9 Å². The number of nitrogens with one attached hydrogen (secondary N) is 2. The Labute approximate surface area is 134 Å². The lowest BCUT2D eigenvalue weighted by atomic mass is 10.0. The van der Waals surface area contributed by atoms with Crippen LogP contribution in [0.5, 0.6) is 0 Å². The van der Waals surface area contributed by atoms with Crippen molar-refractivity contribution < 1.29 is 9.59 Å². The summed E-state index contributed by atoms with van der Waals surface area (Å²) < 4.78 is 0. The number of piperidine rings is 1. The number of benzene rings is 1. The van der Waals surface area contributed by atoms with E-state index in [1.54, 1.807) is 17.0 Å². The van der Waals surface area contributed by atoms with Crippen LogP contribution in [0.4, 0.5) is 15.3 Å². The van der Waals surface area contributed by atoms with Gasteiger partial charge in [-0.1, -0.05) is 23.7 Å². The second-order valence-electron chi connectivity index (χ2n) is 5.58. The third-order valence-electron chi connectivity index (χ3n) is 4.13. The molecule has 2 fully saturated rings. The molecule has 0 aliphatic carbocycles. The van der Waals surface area contributed by atoms with Gasteiger partial charge in [0.05, 0.1) is 16.8 Å². The van der Waals surface area contributed by atoms with E-state index in [1.165, 1.54) is 0 Å². The summed E-state index contributed by atoms with van der Waals surface area (Å²) in [6, 6.07) is 7.06. The van der Waals surface area contributed by atoms with Crippen molar-refractivity contribution in [2.24, 2.45) is 0 Å². The summed E-state index contributed by atoms with van der Waals surface area (Å²) >= 11 is 6.06. The van der Waals surface area contributed by atoms with Gasteiger partial charge in [-0.25, -0.2) is 9.59 Å². The largest absolute Gasteiger partial charge is 0.336 e. The summed E-state index contributed by atoms with van der Waals surface area (Å²) in [4.78, 5) is 27.7. The quantitative estimate of drug-likeness (QED) is 0.878. The summed E-state index contributed by atoms with van der Waals surface area (Å²) in [5, 5.41) is 6.16. The predicted octanol–water partition coefficient (Wildman–Crippen LogP) is 2.36. The zero-order chi connectivity index (χ0) is 15.5. The van der Waals surface area contributed by atoms with Crippen molar-refractivity contribution in [2.75, 3.05) is 31.5 Å². The number of amides is 4. The highest BCUT2D eigenvalue weighted by molar-refractivity contribution is 6.33. The monoisotopic (exact) mass is 322 g/mol. The smallest absolute Gasteiger partial charge is 0.321 e. The number of likely N-dealkylation sites (tertiary alicyclic amines) is 1. The van der Waals surface area contributed by atoms with Gasteiger partial charge in [0.25, 0.3) is 0 Å². The first-order valence-electron chi connectivity index (χ1n) is 7.50. The van der Waals surface area contributed by atoms with Crippen molar-refractivity contribution in [1.29, 1.82) is 0 Å². The molecule has 0 bridgehead atoms. The number of urea groups is 2. The van der Waals surface area contributed by atoms with E-state index in [0.717, 1.165) is 12.8 Å². The fourth-order valence-electron chi connectivity index (χ4n) is 2.99. The molecule has 1 unspecified atom stereocenters. The standard InChI is InChI=1S/C15H19ClN4O2/c16-12-5-1-2-6-13(12)18-15(22)19-8-3-4-11(10-19)20-9-7-17-14(20)21/h1-2,5-6,11H,3-4,7-10H2,(H,17,21)(H,18,22). The Morgan fingerprint density at radius 1 is 1.32 bits per heavy atom. The lowest BCUT2D eigenvalue weighted by molar-refractivity contribution is 0.139. The average Bonchev–Trinajstić information content (AvgIpc) is 2.96. The second kappa shape index (κ2) is 6.44. The van der Waals surface area contributed by atoms with E-state index in [1.807, 2.05) is 17.0 Å². The molecule has 2 aliphatic heterocycles. The van der Waals surface area contributed by atoms with Gasteiger partial charge in [0.2, 0.25) is 0 Å². The normalized spacial score (nSPS) is 21.7. The van der Waals surface area contributed by atoms with E-state index in [9.17, 15) is 9.59 Å². The molecule has 0 spiro atoms. The molecule has 0 aromatic heterocycles. The zero-order valence-electron chi connectivity index (χ0n) is 12.2. The van der Waals surface area contributed by atoms with E-state index in [-0.39, 0.29) is 18.1 Å². The van der Waals surface area contributed by atoms with Gasteiger partial charge < -0.3 is 20.4 Å². The molecule has 22 heavy (non-hydrogen) atoms. The summed E-state index contributed by atoms with van der Waals surface area (Å²) in [6.07, 6.45) is 1.83. The maximum absolute atomic E-state index is 12.4. The number of hydrogen-bond donors (Lipinski definition) is 2. The molecule has 0 saturated carbocycles. The van der Waals surface area contributed by atoms with Crippen LogP contribution in [0.2, 0.25) is 5.02 Å². The number of carbonyl (C=O) groups is 2. The molecular weight excluding hydrogens is 304 g/mol. The maximum Gasteiger partial charge on any atom is 0.321 e. The molecule has 2 saturated heterocycles. The summed E-state index contributed by atoms with van der Waals surface area (Å²) in [5.41, 5.74) is 0.607. The second-order valence-corrected chi connectivity index (χ2v) is 5.98. The van der Waals surface area contributed by atoms with Gasteiger partial charge >= 0.3 is 12.1 Å². The van der Waals surface area contributed by atoms with E-state index in [2.05, 4.69) is 10.6 Å². The van der Waals surface area contributed by atoms with Crippen molar-refractivity contribution in [2.45, 2.75) is 18.9 Å². The van der Waals surface area contributed by atoms with Gasteiger partial charge in [0, 0.05) is 26.2 Å². The summed E-state index contributed by atoms with van der Waals surface area (Å²) in [5.74, 6) is 0. The van der Waals surface area contributed by atoms with Crippen molar-refractivity contribution in [3.05, 3.63) is 29.3 Å². The van der Waals surface area contributed by atoms with Crippen molar-refractivity contribution in [3.8, 4) is 0 Å². The first-order valence-corrected chi connectivity index (χ1v) is 7.88. The first-order chi connectivity index (χ1) is 10.6. The Morgan fingerprint density at radius 2 is 2.14 bits per heavy atom. The van der Waals surface area contributed by atoms with Crippen LogP contribution in [-0.2, 0) is 0 Å². The third kappa shape index (κ3) is 3.11. The van der Waals surface area contributed by atoms with Crippen LogP contribution in [0, 0.1) is 0 Å². The van der Waals surface area contributed by atoms with Crippen molar-refractivity contribution in [3.63, 3.8) is 0 Å². The van der Waals surface area contributed by atoms with Crippen LogP contribution in [0.15, 0.2) is 24.3 Å². The fraction of sp³-hybridized carbons (Fsp3) is 0.467. The number of para-hydroxylation sites is 1. The van der Waals surface area contributed by atoms with Gasteiger partial charge in [0.1, 0.15) is 0 Å². The number of halogens is 1. The Balaban J connectivity index is 1.63. The highest BCUT2D eigenvalue weighted by atomic mass is 35.5. The van der Waals surface area contributed by atoms with Crippen LogP contribution in [0.1, 0.15) is 12.8 Å². The van der Waals surface area contributed by atoms with Crippen LogP contribution >= 0.6 is 11.6 Å². The van der Waals surface area contributed by atoms with Gasteiger partial charge in [-0.05, 0) is 25.0 Å². The molecule has 2 heterocycles. The topological polar surface area (TPSA) is 64.7 Å². The number of nitrogens with zero attached hydrogens (tertiary/aromatic N) is 2. The minimum atomic E-state index is -0.169. The minimum Gasteiger partial charge on any atom is -0.336 e. The number of anilines is 1. The van der Waals surface area contributed by atoms with E-state index >= 15 is 0 Å². The molecule has 3 rings (SSSR count). The van der Waals surface area contributed by atoms with Crippen LogP contribution in [-0.4, -0.2) is 54.1 Å². The zero-order valence-corrected chi connectivity index (χ0v) is 13.0. The van der Waals surface area contributed by atoms with E-state index in [4.69, 9.17) is 11.6 Å². The molecule has 118 valence electrons. The molecule has 2 N–H and O–H groups in total. The van der Waals surface area contributed by atoms with Crippen LogP contribution in [0.3, 0.4) is 0 Å². The maximum atomic E-state index is 12.4. The van der Waals surface area contributed by atoms with Gasteiger partial charge in [-0.15, -0.1) is 0 Å². The fourth-order valence-corrected chi connectivity index (χ4v) is 3.17. The molecule has 7 heteroatoms. The lowest BCUT2D eigenvalue weighted by Gasteiger charge is -2.37. The molecular formula is C15H19ClN4O2. The molecule has 1 aromatic carbocycles. The summed E-state index contributed by atoms with van der Waals surface area (Å²) in [6.45, 7) is 2.65. The van der Waals surface area contributed by atoms with Gasteiger partial charge in [-0.3, -0.25) is 0 Å². The van der Waals surface area contributed by atoms with Crippen LogP contribution in [0.25, 0.3) is 0 Å². The Hall–Kier alpha value is -1.95. The lowest BCUT2D eigenvalue weighted by Crippen LogP contribution is -2.51. The Morgan fingerprint density at radius 3 is 2.86 bits per heavy atom. The molecule has 6 nitrogen and oxygen atoms in total. The Kier molecular flexibility index (Phi) is 4.38. The SMILES string of the molecule is O=C(Nc1ccccc1Cl)N1CCCC(N2CCNC2=O)C1. The summed E-state index contributed by atoms with van der Waals surface area (Å²) in [7, 11) is 0.